The van der Waals surface area contributed by atoms with Crippen molar-refractivity contribution in [3.63, 3.8) is 0 Å². The number of benzene rings is 4. The van der Waals surface area contributed by atoms with Crippen LogP contribution in [0, 0.1) is 0 Å². The Kier molecular flexibility index (Phi) is 4.11. The maximum absolute atomic E-state index is 5.21. The van der Waals surface area contributed by atoms with Gasteiger partial charge in [-0.15, -0.1) is 0 Å². The Balaban J connectivity index is 1.60. The molecule has 0 atom stereocenters. The van der Waals surface area contributed by atoms with Crippen LogP contribution in [0.25, 0.3) is 65.9 Å². The van der Waals surface area contributed by atoms with Crippen molar-refractivity contribution in [3.05, 3.63) is 110 Å². The van der Waals surface area contributed by atoms with Gasteiger partial charge in [0.25, 0.3) is 0 Å². The van der Waals surface area contributed by atoms with Gasteiger partial charge in [-0.2, -0.15) is 0 Å². The molecule has 0 unspecified atom stereocenters. The molecular weight excluding hydrogens is 416 g/mol. The zero-order valence-corrected chi connectivity index (χ0v) is 18.2. The van der Waals surface area contributed by atoms with Crippen molar-refractivity contribution in [1.29, 1.82) is 0 Å². The molecule has 4 heteroatoms. The minimum atomic E-state index is 0.910. The number of para-hydroxylation sites is 1. The third kappa shape index (κ3) is 2.86. The molecule has 4 aromatic carbocycles. The fraction of sp³-hybridized carbons (Fsp3) is 0. The maximum Gasteiger partial charge on any atom is 0.116 e. The van der Waals surface area contributed by atoms with Gasteiger partial charge in [0.15, 0.2) is 0 Å². The molecule has 0 aliphatic heterocycles. The zero-order valence-electron chi connectivity index (χ0n) is 18.2. The van der Waals surface area contributed by atoms with Crippen molar-refractivity contribution in [1.82, 2.24) is 19.9 Å². The lowest BCUT2D eigenvalue weighted by atomic mass is 9.92. The molecule has 3 aromatic heterocycles. The minimum absolute atomic E-state index is 0.910. The molecule has 0 spiro atoms. The van der Waals surface area contributed by atoms with Crippen LogP contribution in [0.4, 0.5) is 0 Å². The average Bonchev–Trinajstić information content (AvgIpc) is 2.92. The highest BCUT2D eigenvalue weighted by atomic mass is 14.8. The van der Waals surface area contributed by atoms with Crippen molar-refractivity contribution in [2.75, 3.05) is 0 Å². The van der Waals surface area contributed by atoms with E-state index >= 15 is 0 Å². The molecule has 0 saturated heterocycles. The van der Waals surface area contributed by atoms with E-state index in [1.807, 2.05) is 36.7 Å². The molecule has 0 bridgehead atoms. The van der Waals surface area contributed by atoms with Crippen LogP contribution in [-0.4, -0.2) is 19.9 Å². The molecule has 0 fully saturated rings. The third-order valence-electron chi connectivity index (χ3n) is 6.46. The van der Waals surface area contributed by atoms with Crippen LogP contribution in [0.3, 0.4) is 0 Å². The second kappa shape index (κ2) is 7.42. The summed E-state index contributed by atoms with van der Waals surface area (Å²) in [5, 5.41) is 6.62. The van der Waals surface area contributed by atoms with Gasteiger partial charge in [0.2, 0.25) is 0 Å². The van der Waals surface area contributed by atoms with Gasteiger partial charge in [-0.25, -0.2) is 15.0 Å². The van der Waals surface area contributed by atoms with Crippen molar-refractivity contribution < 1.29 is 0 Å². The van der Waals surface area contributed by atoms with Crippen LogP contribution in [0.5, 0.6) is 0 Å². The summed E-state index contributed by atoms with van der Waals surface area (Å²) in [6, 6.07) is 31.4. The molecule has 0 aliphatic rings. The van der Waals surface area contributed by atoms with Gasteiger partial charge in [-0.3, -0.25) is 4.98 Å². The predicted molar refractivity (Wildman–Crippen MR) is 139 cm³/mol. The number of nitrogens with zero attached hydrogens (tertiary/aromatic N) is 4. The van der Waals surface area contributed by atoms with Gasteiger partial charge in [0.05, 0.1) is 22.4 Å². The highest BCUT2D eigenvalue weighted by molar-refractivity contribution is 6.09. The van der Waals surface area contributed by atoms with Crippen molar-refractivity contribution in [2.45, 2.75) is 0 Å². The second-order valence-corrected chi connectivity index (χ2v) is 8.38. The van der Waals surface area contributed by atoms with E-state index in [9.17, 15) is 0 Å². The molecule has 0 saturated carbocycles. The summed E-state index contributed by atoms with van der Waals surface area (Å²) >= 11 is 0. The fourth-order valence-electron chi connectivity index (χ4n) is 4.85. The molecule has 7 rings (SSSR count). The summed E-state index contributed by atoms with van der Waals surface area (Å²) in [5.41, 5.74) is 5.82. The van der Waals surface area contributed by atoms with E-state index in [1.165, 1.54) is 5.39 Å². The number of rotatable bonds is 2. The molecule has 0 radical (unpaired) electrons. The Morgan fingerprint density at radius 2 is 1.32 bits per heavy atom. The largest absolute Gasteiger partial charge is 0.264 e. The standard InChI is InChI=1S/C30H18N4/c1-2-6-22-19(5-1)11-13-24(30-23-7-3-4-8-26(23)32-18-33-30)28(22)27-14-12-21-10-9-20-15-16-31-17-25(20)29(21)34-27/h1-18H. The van der Waals surface area contributed by atoms with Crippen molar-refractivity contribution in [3.8, 4) is 22.5 Å². The number of pyridine rings is 2. The van der Waals surface area contributed by atoms with E-state index in [4.69, 9.17) is 9.97 Å². The van der Waals surface area contributed by atoms with Crippen molar-refractivity contribution >= 4 is 43.4 Å². The quantitative estimate of drug-likeness (QED) is 0.270. The number of aromatic nitrogens is 4. The van der Waals surface area contributed by atoms with E-state index in [2.05, 4.69) is 76.7 Å². The Morgan fingerprint density at radius 3 is 2.29 bits per heavy atom. The molecule has 4 nitrogen and oxygen atoms in total. The number of fused-ring (bicyclic) bond motifs is 5. The van der Waals surface area contributed by atoms with Crippen molar-refractivity contribution in [2.24, 2.45) is 0 Å². The van der Waals surface area contributed by atoms with Gasteiger partial charge in [0, 0.05) is 39.7 Å². The first kappa shape index (κ1) is 18.8. The summed E-state index contributed by atoms with van der Waals surface area (Å²) in [4.78, 5) is 18.8. The van der Waals surface area contributed by atoms with Crippen LogP contribution in [0.15, 0.2) is 110 Å². The molecule has 0 amide bonds. The Labute approximate surface area is 195 Å². The third-order valence-corrected chi connectivity index (χ3v) is 6.46. The molecule has 158 valence electrons. The molecule has 0 aliphatic carbocycles. The van der Waals surface area contributed by atoms with E-state index < -0.39 is 0 Å². The average molecular weight is 435 g/mol. The van der Waals surface area contributed by atoms with Crippen LogP contribution < -0.4 is 0 Å². The van der Waals surface area contributed by atoms with Crippen LogP contribution in [-0.2, 0) is 0 Å². The van der Waals surface area contributed by atoms with E-state index in [0.29, 0.717) is 0 Å². The molecular formula is C30H18N4. The molecule has 34 heavy (non-hydrogen) atoms. The summed E-state index contributed by atoms with van der Waals surface area (Å²) in [5.74, 6) is 0. The molecule has 7 aromatic rings. The van der Waals surface area contributed by atoms with Crippen LogP contribution in [0.1, 0.15) is 0 Å². The van der Waals surface area contributed by atoms with E-state index in [-0.39, 0.29) is 0 Å². The van der Waals surface area contributed by atoms with Crippen LogP contribution >= 0.6 is 0 Å². The summed E-state index contributed by atoms with van der Waals surface area (Å²) in [6.07, 6.45) is 5.36. The monoisotopic (exact) mass is 434 g/mol. The Morgan fingerprint density at radius 1 is 0.559 bits per heavy atom. The first-order valence-electron chi connectivity index (χ1n) is 11.2. The van der Waals surface area contributed by atoms with Gasteiger partial charge < -0.3 is 0 Å². The summed E-state index contributed by atoms with van der Waals surface area (Å²) in [6.45, 7) is 0. The number of hydrogen-bond donors (Lipinski definition) is 0. The number of hydrogen-bond acceptors (Lipinski definition) is 4. The topological polar surface area (TPSA) is 51.6 Å². The summed E-state index contributed by atoms with van der Waals surface area (Å²) in [7, 11) is 0. The normalized spacial score (nSPS) is 11.5. The zero-order chi connectivity index (χ0) is 22.5. The highest BCUT2D eigenvalue weighted by Gasteiger charge is 2.17. The van der Waals surface area contributed by atoms with Gasteiger partial charge >= 0.3 is 0 Å². The second-order valence-electron chi connectivity index (χ2n) is 8.38. The maximum atomic E-state index is 5.21. The summed E-state index contributed by atoms with van der Waals surface area (Å²) < 4.78 is 0. The SMILES string of the molecule is c1ccc2c(-c3ccc4ccc5ccncc5c4n3)c(-c3ncnc4ccccc34)ccc2c1. The lowest BCUT2D eigenvalue weighted by molar-refractivity contribution is 1.22. The predicted octanol–water partition coefficient (Wildman–Crippen LogP) is 7.21. The molecule has 3 heterocycles. The fourth-order valence-corrected chi connectivity index (χ4v) is 4.85. The van der Waals surface area contributed by atoms with Gasteiger partial charge in [-0.05, 0) is 34.4 Å². The minimum Gasteiger partial charge on any atom is -0.264 e. The smallest absolute Gasteiger partial charge is 0.116 e. The first-order valence-corrected chi connectivity index (χ1v) is 11.2. The van der Waals surface area contributed by atoms with E-state index in [0.717, 1.165) is 60.5 Å². The lowest BCUT2D eigenvalue weighted by Gasteiger charge is -2.15. The molecule has 0 N–H and O–H groups in total. The van der Waals surface area contributed by atoms with Gasteiger partial charge in [0.1, 0.15) is 6.33 Å². The van der Waals surface area contributed by atoms with E-state index in [1.54, 1.807) is 6.33 Å². The Bertz CT molecular complexity index is 1870. The lowest BCUT2D eigenvalue weighted by Crippen LogP contribution is -1.95. The highest BCUT2D eigenvalue weighted by Crippen LogP contribution is 2.39. The Hall–Kier alpha value is -4.70. The first-order chi connectivity index (χ1) is 16.9. The van der Waals surface area contributed by atoms with Gasteiger partial charge in [-0.1, -0.05) is 72.8 Å². The van der Waals surface area contributed by atoms with Crippen LogP contribution in [0.2, 0.25) is 0 Å².